The minimum atomic E-state index is 0.994. The number of hydrogen-bond acceptors (Lipinski definition) is 4. The predicted molar refractivity (Wildman–Crippen MR) is 98.2 cm³/mol. The van der Waals surface area contributed by atoms with E-state index >= 15 is 0 Å². The number of aromatic nitrogens is 2. The summed E-state index contributed by atoms with van der Waals surface area (Å²) in [6.45, 7) is 7.36. The average molecular weight is 318 g/mol. The second-order valence-corrected chi connectivity index (χ2v) is 6.41. The summed E-state index contributed by atoms with van der Waals surface area (Å²) in [5.74, 6) is 0. The molecule has 122 valence electrons. The van der Waals surface area contributed by atoms with Crippen LogP contribution in [0.2, 0.25) is 0 Å². The molecule has 0 aliphatic carbocycles. The van der Waals surface area contributed by atoms with E-state index in [1.54, 1.807) is 0 Å². The Bertz CT molecular complexity index is 823. The highest BCUT2D eigenvalue weighted by Crippen LogP contribution is 2.21. The molecule has 1 fully saturated rings. The summed E-state index contributed by atoms with van der Waals surface area (Å²) in [6, 6.07) is 14.9. The van der Waals surface area contributed by atoms with E-state index < -0.39 is 0 Å². The van der Waals surface area contributed by atoms with Gasteiger partial charge in [0.05, 0.1) is 5.52 Å². The van der Waals surface area contributed by atoms with Crippen molar-refractivity contribution < 1.29 is 0 Å². The van der Waals surface area contributed by atoms with Crippen LogP contribution in [0.15, 0.2) is 54.9 Å². The fourth-order valence-electron chi connectivity index (χ4n) is 3.49. The molecule has 24 heavy (non-hydrogen) atoms. The normalized spacial score (nSPS) is 15.8. The minimum Gasteiger partial charge on any atom is -0.369 e. The Morgan fingerprint density at radius 3 is 2.50 bits per heavy atom. The third kappa shape index (κ3) is 3.10. The third-order valence-corrected chi connectivity index (χ3v) is 4.72. The summed E-state index contributed by atoms with van der Waals surface area (Å²) in [7, 11) is 0. The molecule has 0 bridgehead atoms. The van der Waals surface area contributed by atoms with E-state index in [4.69, 9.17) is 0 Å². The summed E-state index contributed by atoms with van der Waals surface area (Å²) in [5.41, 5.74) is 4.85. The Balaban J connectivity index is 1.48. The Morgan fingerprint density at radius 1 is 0.958 bits per heavy atom. The van der Waals surface area contributed by atoms with Crippen LogP contribution in [0.4, 0.5) is 5.69 Å². The first-order valence-corrected chi connectivity index (χ1v) is 8.52. The van der Waals surface area contributed by atoms with Crippen LogP contribution in [0, 0.1) is 6.92 Å². The highest BCUT2D eigenvalue weighted by molar-refractivity contribution is 5.82. The van der Waals surface area contributed by atoms with E-state index in [9.17, 15) is 0 Å². The van der Waals surface area contributed by atoms with Crippen molar-refractivity contribution in [3.05, 3.63) is 66.1 Å². The molecule has 0 N–H and O–H groups in total. The molecule has 1 aliphatic heterocycles. The molecule has 0 radical (unpaired) electrons. The highest BCUT2D eigenvalue weighted by Gasteiger charge is 2.18. The quantitative estimate of drug-likeness (QED) is 0.742. The maximum Gasteiger partial charge on any atom is 0.0708 e. The molecule has 0 atom stereocenters. The van der Waals surface area contributed by atoms with Gasteiger partial charge in [-0.3, -0.25) is 14.9 Å². The van der Waals surface area contributed by atoms with Gasteiger partial charge in [-0.15, -0.1) is 0 Å². The van der Waals surface area contributed by atoms with Crippen molar-refractivity contribution in [2.45, 2.75) is 13.5 Å². The van der Waals surface area contributed by atoms with Gasteiger partial charge in [-0.1, -0.05) is 18.2 Å². The number of piperazine rings is 1. The second kappa shape index (κ2) is 6.57. The number of para-hydroxylation sites is 1. The number of hydrogen-bond donors (Lipinski definition) is 0. The Kier molecular flexibility index (Phi) is 4.13. The van der Waals surface area contributed by atoms with E-state index in [-0.39, 0.29) is 0 Å². The lowest BCUT2D eigenvalue weighted by Gasteiger charge is -2.36. The van der Waals surface area contributed by atoms with Crippen LogP contribution in [-0.2, 0) is 6.54 Å². The lowest BCUT2D eigenvalue weighted by Crippen LogP contribution is -2.46. The maximum atomic E-state index is 4.65. The zero-order chi connectivity index (χ0) is 16.4. The molecule has 0 saturated carbocycles. The van der Waals surface area contributed by atoms with Gasteiger partial charge in [-0.05, 0) is 36.8 Å². The summed E-state index contributed by atoms with van der Waals surface area (Å²) >= 11 is 0. The molecule has 0 unspecified atom stereocenters. The molecule has 0 spiro atoms. The number of benzene rings is 1. The largest absolute Gasteiger partial charge is 0.369 e. The Morgan fingerprint density at radius 2 is 1.71 bits per heavy atom. The monoisotopic (exact) mass is 318 g/mol. The van der Waals surface area contributed by atoms with Gasteiger partial charge in [0.1, 0.15) is 0 Å². The molecule has 3 heterocycles. The fourth-order valence-corrected chi connectivity index (χ4v) is 3.49. The zero-order valence-corrected chi connectivity index (χ0v) is 14.0. The second-order valence-electron chi connectivity index (χ2n) is 6.41. The van der Waals surface area contributed by atoms with Crippen molar-refractivity contribution in [1.82, 2.24) is 14.9 Å². The van der Waals surface area contributed by atoms with Crippen molar-refractivity contribution in [1.29, 1.82) is 0 Å². The smallest absolute Gasteiger partial charge is 0.0708 e. The first-order valence-electron chi connectivity index (χ1n) is 8.52. The first-order chi connectivity index (χ1) is 11.8. The van der Waals surface area contributed by atoms with Crippen LogP contribution in [0.25, 0.3) is 10.9 Å². The molecule has 4 rings (SSSR count). The predicted octanol–water partition coefficient (Wildman–Crippen LogP) is 3.26. The average Bonchev–Trinajstić information content (AvgIpc) is 2.63. The molecule has 4 nitrogen and oxygen atoms in total. The lowest BCUT2D eigenvalue weighted by molar-refractivity contribution is 0.250. The van der Waals surface area contributed by atoms with Crippen LogP contribution >= 0.6 is 0 Å². The minimum absolute atomic E-state index is 0.994. The number of aryl methyl sites for hydroxylation is 1. The van der Waals surface area contributed by atoms with Crippen LogP contribution in [-0.4, -0.2) is 41.0 Å². The van der Waals surface area contributed by atoms with E-state index in [1.165, 1.54) is 16.6 Å². The van der Waals surface area contributed by atoms with Crippen LogP contribution in [0.1, 0.15) is 11.3 Å². The standard InChI is InChI=1S/C20H22N4/c1-16-14-17(19-4-2-3-5-20(19)22-16)15-23-10-12-24(13-11-23)18-6-8-21-9-7-18/h2-9,14H,10-13,15H2,1H3. The van der Waals surface area contributed by atoms with Gasteiger partial charge in [0.25, 0.3) is 0 Å². The van der Waals surface area contributed by atoms with E-state index in [1.807, 2.05) is 12.4 Å². The molecule has 1 aliphatic rings. The summed E-state index contributed by atoms with van der Waals surface area (Å²) in [6.07, 6.45) is 3.74. The van der Waals surface area contributed by atoms with Gasteiger partial charge in [0, 0.05) is 61.9 Å². The molecule has 3 aromatic rings. The highest BCUT2D eigenvalue weighted by atomic mass is 15.3. The molecule has 2 aromatic heterocycles. The van der Waals surface area contributed by atoms with Crippen LogP contribution < -0.4 is 4.90 Å². The van der Waals surface area contributed by atoms with Crippen molar-refractivity contribution in [3.63, 3.8) is 0 Å². The van der Waals surface area contributed by atoms with Gasteiger partial charge in [0.2, 0.25) is 0 Å². The Labute approximate surface area is 142 Å². The number of anilines is 1. The SMILES string of the molecule is Cc1cc(CN2CCN(c3ccncc3)CC2)c2ccccc2n1. The van der Waals surface area contributed by atoms with Crippen LogP contribution in [0.3, 0.4) is 0 Å². The topological polar surface area (TPSA) is 32.3 Å². The summed E-state index contributed by atoms with van der Waals surface area (Å²) in [5, 5.41) is 1.28. The molecular formula is C20H22N4. The fraction of sp³-hybridized carbons (Fsp3) is 0.300. The van der Waals surface area contributed by atoms with Crippen molar-refractivity contribution >= 4 is 16.6 Å². The van der Waals surface area contributed by atoms with E-state index in [0.717, 1.165) is 43.9 Å². The van der Waals surface area contributed by atoms with Crippen molar-refractivity contribution in [2.75, 3.05) is 31.1 Å². The Hall–Kier alpha value is -2.46. The summed E-state index contributed by atoms with van der Waals surface area (Å²) < 4.78 is 0. The van der Waals surface area contributed by atoms with Gasteiger partial charge >= 0.3 is 0 Å². The molecule has 0 amide bonds. The van der Waals surface area contributed by atoms with Gasteiger partial charge in [0.15, 0.2) is 0 Å². The number of nitrogens with zero attached hydrogens (tertiary/aromatic N) is 4. The number of rotatable bonds is 3. The van der Waals surface area contributed by atoms with Crippen molar-refractivity contribution in [3.8, 4) is 0 Å². The maximum absolute atomic E-state index is 4.65. The lowest BCUT2D eigenvalue weighted by atomic mass is 10.1. The number of fused-ring (bicyclic) bond motifs is 1. The first kappa shape index (κ1) is 15.1. The molecule has 1 aromatic carbocycles. The summed E-state index contributed by atoms with van der Waals surface area (Å²) in [4.78, 5) is 13.7. The van der Waals surface area contributed by atoms with Gasteiger partial charge in [-0.2, -0.15) is 0 Å². The third-order valence-electron chi connectivity index (χ3n) is 4.72. The molecule has 1 saturated heterocycles. The van der Waals surface area contributed by atoms with Gasteiger partial charge in [-0.25, -0.2) is 0 Å². The van der Waals surface area contributed by atoms with E-state index in [2.05, 4.69) is 69.2 Å². The van der Waals surface area contributed by atoms with Gasteiger partial charge < -0.3 is 4.90 Å². The molecule has 4 heteroatoms. The number of pyridine rings is 2. The zero-order valence-electron chi connectivity index (χ0n) is 14.0. The van der Waals surface area contributed by atoms with Crippen molar-refractivity contribution in [2.24, 2.45) is 0 Å². The van der Waals surface area contributed by atoms with E-state index in [0.29, 0.717) is 0 Å². The molecular weight excluding hydrogens is 296 g/mol. The van der Waals surface area contributed by atoms with Crippen LogP contribution in [0.5, 0.6) is 0 Å².